The van der Waals surface area contributed by atoms with E-state index in [1.54, 1.807) is 30.5 Å². The van der Waals surface area contributed by atoms with Gasteiger partial charge in [-0.15, -0.1) is 0 Å². The maximum absolute atomic E-state index is 11.3. The van der Waals surface area contributed by atoms with E-state index in [0.717, 1.165) is 5.56 Å². The van der Waals surface area contributed by atoms with E-state index < -0.39 is 0 Å². The van der Waals surface area contributed by atoms with E-state index in [1.807, 2.05) is 6.07 Å². The average Bonchev–Trinajstić information content (AvgIpc) is 2.22. The first-order valence-corrected chi connectivity index (χ1v) is 4.55. The van der Waals surface area contributed by atoms with Gasteiger partial charge in [-0.2, -0.15) is 0 Å². The third kappa shape index (κ3) is 2.22. The Balaban J connectivity index is 2.30. The van der Waals surface area contributed by atoms with Crippen LogP contribution in [-0.2, 0) is 6.54 Å². The molecule has 0 atom stereocenters. The van der Waals surface area contributed by atoms with Crippen LogP contribution in [0.5, 0.6) is 5.75 Å². The van der Waals surface area contributed by atoms with Gasteiger partial charge in [-0.1, -0.05) is 12.1 Å². The minimum Gasteiger partial charge on any atom is -0.508 e. The molecule has 15 heavy (non-hydrogen) atoms. The van der Waals surface area contributed by atoms with Gasteiger partial charge < -0.3 is 5.11 Å². The van der Waals surface area contributed by atoms with Crippen LogP contribution in [0.25, 0.3) is 0 Å². The van der Waals surface area contributed by atoms with Crippen molar-refractivity contribution >= 4 is 0 Å². The van der Waals surface area contributed by atoms with E-state index in [0.29, 0.717) is 6.54 Å². The van der Waals surface area contributed by atoms with Crippen LogP contribution in [0.1, 0.15) is 5.56 Å². The van der Waals surface area contributed by atoms with E-state index in [9.17, 15) is 9.90 Å². The monoisotopic (exact) mass is 202 g/mol. The lowest BCUT2D eigenvalue weighted by atomic mass is 10.2. The highest BCUT2D eigenvalue weighted by atomic mass is 16.3. The molecule has 1 N–H and O–H groups in total. The fourth-order valence-electron chi connectivity index (χ4n) is 1.36. The number of aromatic hydroxyl groups is 1. The Morgan fingerprint density at radius 2 is 2.20 bits per heavy atom. The second-order valence-corrected chi connectivity index (χ2v) is 3.20. The van der Waals surface area contributed by atoms with Gasteiger partial charge in [0.25, 0.3) is 0 Å². The number of phenols is 1. The lowest BCUT2D eigenvalue weighted by molar-refractivity contribution is 0.474. The molecule has 0 unspecified atom stereocenters. The Morgan fingerprint density at radius 3 is 2.93 bits per heavy atom. The van der Waals surface area contributed by atoms with Gasteiger partial charge in [0.1, 0.15) is 5.75 Å². The zero-order valence-electron chi connectivity index (χ0n) is 8.00. The van der Waals surface area contributed by atoms with Crippen molar-refractivity contribution in [1.29, 1.82) is 0 Å². The second-order valence-electron chi connectivity index (χ2n) is 3.20. The van der Waals surface area contributed by atoms with Gasteiger partial charge in [-0.25, -0.2) is 9.78 Å². The Labute approximate surface area is 86.5 Å². The normalized spacial score (nSPS) is 10.1. The molecule has 0 aliphatic heterocycles. The smallest absolute Gasteiger partial charge is 0.347 e. The fraction of sp³-hybridized carbons (Fsp3) is 0.0909. The van der Waals surface area contributed by atoms with E-state index in [4.69, 9.17) is 0 Å². The lowest BCUT2D eigenvalue weighted by Crippen LogP contribution is -2.21. The van der Waals surface area contributed by atoms with Crippen molar-refractivity contribution in [3.63, 3.8) is 0 Å². The first-order valence-electron chi connectivity index (χ1n) is 4.55. The SMILES string of the molecule is O=c1ncccn1Cc1cccc(O)c1. The van der Waals surface area contributed by atoms with Gasteiger partial charge >= 0.3 is 5.69 Å². The molecule has 4 heteroatoms. The summed E-state index contributed by atoms with van der Waals surface area (Å²) in [6.07, 6.45) is 3.13. The molecule has 0 bridgehead atoms. The third-order valence-electron chi connectivity index (χ3n) is 2.05. The van der Waals surface area contributed by atoms with E-state index in [-0.39, 0.29) is 11.4 Å². The first-order chi connectivity index (χ1) is 7.25. The van der Waals surface area contributed by atoms with Crippen molar-refractivity contribution < 1.29 is 5.11 Å². The van der Waals surface area contributed by atoms with Crippen molar-refractivity contribution in [2.24, 2.45) is 0 Å². The first kappa shape index (κ1) is 9.45. The third-order valence-corrected chi connectivity index (χ3v) is 2.05. The van der Waals surface area contributed by atoms with Crippen molar-refractivity contribution in [3.05, 3.63) is 58.8 Å². The minimum atomic E-state index is -0.291. The quantitative estimate of drug-likeness (QED) is 0.790. The number of aromatic nitrogens is 2. The molecular formula is C11H10N2O2. The summed E-state index contributed by atoms with van der Waals surface area (Å²) in [6.45, 7) is 0.418. The number of rotatable bonds is 2. The fourth-order valence-corrected chi connectivity index (χ4v) is 1.36. The highest BCUT2D eigenvalue weighted by Crippen LogP contribution is 2.11. The van der Waals surface area contributed by atoms with Crippen LogP contribution in [0.3, 0.4) is 0 Å². The molecule has 1 aromatic heterocycles. The molecule has 0 saturated heterocycles. The van der Waals surface area contributed by atoms with Gasteiger partial charge in [-0.3, -0.25) is 4.57 Å². The number of hydrogen-bond donors (Lipinski definition) is 1. The molecular weight excluding hydrogens is 192 g/mol. The van der Waals surface area contributed by atoms with Gasteiger partial charge in [0, 0.05) is 12.4 Å². The minimum absolute atomic E-state index is 0.199. The van der Waals surface area contributed by atoms with Gasteiger partial charge in [-0.05, 0) is 23.8 Å². The molecule has 1 heterocycles. The molecule has 0 amide bonds. The predicted octanol–water partition coefficient (Wildman–Crippen LogP) is 0.997. The molecule has 4 nitrogen and oxygen atoms in total. The average molecular weight is 202 g/mol. The van der Waals surface area contributed by atoms with Gasteiger partial charge in [0.2, 0.25) is 0 Å². The number of nitrogens with zero attached hydrogens (tertiary/aromatic N) is 2. The summed E-state index contributed by atoms with van der Waals surface area (Å²) in [6, 6.07) is 8.50. The summed E-state index contributed by atoms with van der Waals surface area (Å²) in [5.74, 6) is 0.199. The van der Waals surface area contributed by atoms with Crippen LogP contribution < -0.4 is 5.69 Å². The molecule has 0 aliphatic rings. The van der Waals surface area contributed by atoms with Gasteiger partial charge in [0.15, 0.2) is 0 Å². The van der Waals surface area contributed by atoms with Crippen LogP contribution in [0.2, 0.25) is 0 Å². The van der Waals surface area contributed by atoms with Crippen LogP contribution in [0, 0.1) is 0 Å². The molecule has 76 valence electrons. The van der Waals surface area contributed by atoms with Crippen LogP contribution in [0.15, 0.2) is 47.5 Å². The standard InChI is InChI=1S/C11H10N2O2/c14-10-4-1-3-9(7-10)8-13-6-2-5-12-11(13)15/h1-7,14H,8H2. The lowest BCUT2D eigenvalue weighted by Gasteiger charge is -2.04. The van der Waals surface area contributed by atoms with Crippen LogP contribution in [-0.4, -0.2) is 14.7 Å². The highest BCUT2D eigenvalue weighted by molar-refractivity contribution is 5.27. The number of phenolic OH excluding ortho intramolecular Hbond substituents is 1. The van der Waals surface area contributed by atoms with Crippen molar-refractivity contribution in [2.45, 2.75) is 6.54 Å². The van der Waals surface area contributed by atoms with Crippen molar-refractivity contribution in [3.8, 4) is 5.75 Å². The summed E-state index contributed by atoms with van der Waals surface area (Å²) < 4.78 is 1.48. The molecule has 2 aromatic rings. The zero-order valence-corrected chi connectivity index (χ0v) is 8.00. The summed E-state index contributed by atoms with van der Waals surface area (Å²) in [5, 5.41) is 9.26. The van der Waals surface area contributed by atoms with Crippen LogP contribution >= 0.6 is 0 Å². The maximum Gasteiger partial charge on any atom is 0.347 e. The Kier molecular flexibility index (Phi) is 2.49. The Hall–Kier alpha value is -2.10. The number of benzene rings is 1. The molecule has 1 aromatic carbocycles. The molecule has 0 radical (unpaired) electrons. The van der Waals surface area contributed by atoms with E-state index >= 15 is 0 Å². The summed E-state index contributed by atoms with van der Waals surface area (Å²) >= 11 is 0. The maximum atomic E-state index is 11.3. The largest absolute Gasteiger partial charge is 0.508 e. The molecule has 0 spiro atoms. The Bertz CT molecular complexity index is 520. The van der Waals surface area contributed by atoms with E-state index in [2.05, 4.69) is 4.98 Å². The predicted molar refractivity (Wildman–Crippen MR) is 55.7 cm³/mol. The highest BCUT2D eigenvalue weighted by Gasteiger charge is 1.98. The van der Waals surface area contributed by atoms with Crippen LogP contribution in [0.4, 0.5) is 0 Å². The van der Waals surface area contributed by atoms with Crippen molar-refractivity contribution in [1.82, 2.24) is 9.55 Å². The second kappa shape index (κ2) is 3.96. The molecule has 0 aliphatic carbocycles. The van der Waals surface area contributed by atoms with E-state index in [1.165, 1.54) is 10.8 Å². The zero-order chi connectivity index (χ0) is 10.7. The summed E-state index contributed by atoms with van der Waals surface area (Å²) in [7, 11) is 0. The molecule has 0 fully saturated rings. The Morgan fingerprint density at radius 1 is 1.33 bits per heavy atom. The summed E-state index contributed by atoms with van der Waals surface area (Å²) in [4.78, 5) is 14.9. The molecule has 2 rings (SSSR count). The molecule has 0 saturated carbocycles. The van der Waals surface area contributed by atoms with Gasteiger partial charge in [0.05, 0.1) is 6.54 Å². The number of hydrogen-bond acceptors (Lipinski definition) is 3. The van der Waals surface area contributed by atoms with Crippen molar-refractivity contribution in [2.75, 3.05) is 0 Å². The summed E-state index contributed by atoms with van der Waals surface area (Å²) in [5.41, 5.74) is 0.575. The topological polar surface area (TPSA) is 55.1 Å².